The highest BCUT2D eigenvalue weighted by Gasteiger charge is 2.35. The summed E-state index contributed by atoms with van der Waals surface area (Å²) in [5, 5.41) is 0. The molecule has 1 unspecified atom stereocenters. The van der Waals surface area contributed by atoms with Gasteiger partial charge < -0.3 is 9.32 Å². The topological polar surface area (TPSA) is 67.6 Å². The van der Waals surface area contributed by atoms with E-state index in [1.165, 1.54) is 0 Å². The molecule has 1 atom stereocenters. The molecule has 1 fully saturated rings. The lowest BCUT2D eigenvalue weighted by molar-refractivity contribution is 0.0666. The molecule has 140 valence electrons. The zero-order valence-corrected chi connectivity index (χ0v) is 16.3. The lowest BCUT2D eigenvalue weighted by Crippen LogP contribution is -2.40. The van der Waals surface area contributed by atoms with Crippen LogP contribution >= 0.6 is 0 Å². The Labute approximate surface area is 154 Å². The van der Waals surface area contributed by atoms with Crippen LogP contribution in [-0.2, 0) is 21.8 Å². The number of nitrogens with zero attached hydrogens (tertiary/aromatic N) is 1. The lowest BCUT2D eigenvalue weighted by atomic mass is 9.86. The maximum absolute atomic E-state index is 13.1. The van der Waals surface area contributed by atoms with E-state index in [2.05, 4.69) is 20.8 Å². The molecule has 1 saturated heterocycles. The molecule has 2 aromatic rings. The van der Waals surface area contributed by atoms with Crippen LogP contribution in [0.5, 0.6) is 0 Å². The summed E-state index contributed by atoms with van der Waals surface area (Å²) in [6.45, 7) is 6.64. The average Bonchev–Trinajstić information content (AvgIpc) is 3.20. The maximum atomic E-state index is 13.1. The smallest absolute Gasteiger partial charge is 0.254 e. The fourth-order valence-corrected chi connectivity index (χ4v) is 4.97. The lowest BCUT2D eigenvalue weighted by Gasteiger charge is -2.28. The Kier molecular flexibility index (Phi) is 4.97. The van der Waals surface area contributed by atoms with E-state index in [0.717, 1.165) is 5.56 Å². The number of rotatable bonds is 4. The molecule has 1 aliphatic rings. The van der Waals surface area contributed by atoms with E-state index >= 15 is 0 Å². The Hall–Kier alpha value is -2.08. The monoisotopic (exact) mass is 375 g/mol. The fourth-order valence-electron chi connectivity index (χ4n) is 3.24. The van der Waals surface area contributed by atoms with E-state index in [4.69, 9.17) is 4.42 Å². The molecule has 26 heavy (non-hydrogen) atoms. The molecule has 0 saturated carbocycles. The van der Waals surface area contributed by atoms with Gasteiger partial charge in [-0.05, 0) is 41.7 Å². The zero-order chi connectivity index (χ0) is 18.9. The number of amides is 1. The second kappa shape index (κ2) is 6.91. The molecule has 0 N–H and O–H groups in total. The number of furan rings is 1. The Morgan fingerprint density at radius 3 is 2.38 bits per heavy atom. The Balaban J connectivity index is 1.87. The summed E-state index contributed by atoms with van der Waals surface area (Å²) >= 11 is 0. The fraction of sp³-hybridized carbons (Fsp3) is 0.450. The third kappa shape index (κ3) is 4.18. The van der Waals surface area contributed by atoms with Gasteiger partial charge in [-0.25, -0.2) is 8.42 Å². The van der Waals surface area contributed by atoms with Crippen LogP contribution in [0.15, 0.2) is 47.1 Å². The third-order valence-electron chi connectivity index (χ3n) is 4.81. The number of benzene rings is 1. The van der Waals surface area contributed by atoms with Gasteiger partial charge in [0.15, 0.2) is 9.84 Å². The first-order valence-corrected chi connectivity index (χ1v) is 10.6. The predicted molar refractivity (Wildman–Crippen MR) is 101 cm³/mol. The second-order valence-corrected chi connectivity index (χ2v) is 10.1. The van der Waals surface area contributed by atoms with Gasteiger partial charge in [0.05, 0.1) is 24.3 Å². The van der Waals surface area contributed by atoms with Crippen molar-refractivity contribution in [2.45, 2.75) is 45.2 Å². The molecular formula is C20H25NO4S. The van der Waals surface area contributed by atoms with Gasteiger partial charge >= 0.3 is 0 Å². The molecule has 0 radical (unpaired) electrons. The van der Waals surface area contributed by atoms with Crippen LogP contribution < -0.4 is 0 Å². The van der Waals surface area contributed by atoms with Crippen molar-refractivity contribution in [2.75, 3.05) is 11.5 Å². The van der Waals surface area contributed by atoms with Crippen molar-refractivity contribution >= 4 is 15.7 Å². The number of hydrogen-bond donors (Lipinski definition) is 0. The quantitative estimate of drug-likeness (QED) is 0.821. The van der Waals surface area contributed by atoms with Crippen molar-refractivity contribution in [3.8, 4) is 0 Å². The second-order valence-electron chi connectivity index (χ2n) is 7.90. The van der Waals surface area contributed by atoms with Crippen molar-refractivity contribution in [2.24, 2.45) is 0 Å². The number of sulfone groups is 1. The first-order chi connectivity index (χ1) is 12.2. The van der Waals surface area contributed by atoms with Crippen LogP contribution in [0.2, 0.25) is 0 Å². The maximum Gasteiger partial charge on any atom is 0.254 e. The summed E-state index contributed by atoms with van der Waals surface area (Å²) < 4.78 is 29.2. The molecule has 1 aromatic carbocycles. The molecule has 3 rings (SSSR count). The summed E-state index contributed by atoms with van der Waals surface area (Å²) in [7, 11) is -3.09. The van der Waals surface area contributed by atoms with Gasteiger partial charge in [0.25, 0.3) is 5.91 Å². The molecule has 1 aliphatic heterocycles. The van der Waals surface area contributed by atoms with Crippen LogP contribution in [0.1, 0.15) is 48.9 Å². The van der Waals surface area contributed by atoms with Crippen LogP contribution in [-0.4, -0.2) is 36.8 Å². The van der Waals surface area contributed by atoms with E-state index in [-0.39, 0.29) is 35.4 Å². The minimum absolute atomic E-state index is 0.00889. The molecule has 2 heterocycles. The van der Waals surface area contributed by atoms with Gasteiger partial charge in [-0.2, -0.15) is 0 Å². The molecule has 1 aromatic heterocycles. The predicted octanol–water partition coefficient (Wildman–Crippen LogP) is 3.41. The highest BCUT2D eigenvalue weighted by Crippen LogP contribution is 2.25. The van der Waals surface area contributed by atoms with E-state index in [0.29, 0.717) is 17.7 Å². The minimum Gasteiger partial charge on any atom is -0.467 e. The Bertz CT molecular complexity index is 862. The highest BCUT2D eigenvalue weighted by atomic mass is 32.2. The molecule has 0 bridgehead atoms. The van der Waals surface area contributed by atoms with Crippen LogP contribution in [0.3, 0.4) is 0 Å². The zero-order valence-electron chi connectivity index (χ0n) is 15.4. The average molecular weight is 375 g/mol. The van der Waals surface area contributed by atoms with Crippen molar-refractivity contribution < 1.29 is 17.6 Å². The SMILES string of the molecule is CC(C)(C)c1ccc(C(=O)N(Cc2ccco2)C2CCS(=O)(=O)C2)cc1. The number of carbonyl (C=O) groups excluding carboxylic acids is 1. The summed E-state index contributed by atoms with van der Waals surface area (Å²) in [4.78, 5) is 14.8. The third-order valence-corrected chi connectivity index (χ3v) is 6.56. The minimum atomic E-state index is -3.09. The Morgan fingerprint density at radius 2 is 1.88 bits per heavy atom. The molecule has 5 nitrogen and oxygen atoms in total. The van der Waals surface area contributed by atoms with E-state index in [9.17, 15) is 13.2 Å². The van der Waals surface area contributed by atoms with Crippen LogP contribution in [0, 0.1) is 0 Å². The molecule has 6 heteroatoms. The first kappa shape index (κ1) is 18.7. The summed E-state index contributed by atoms with van der Waals surface area (Å²) in [5.74, 6) is 0.625. The van der Waals surface area contributed by atoms with Gasteiger partial charge in [-0.15, -0.1) is 0 Å². The van der Waals surface area contributed by atoms with Crippen molar-refractivity contribution in [1.82, 2.24) is 4.90 Å². The first-order valence-electron chi connectivity index (χ1n) is 8.80. The molecular weight excluding hydrogens is 350 g/mol. The van der Waals surface area contributed by atoms with E-state index in [1.54, 1.807) is 23.3 Å². The van der Waals surface area contributed by atoms with E-state index < -0.39 is 9.84 Å². The van der Waals surface area contributed by atoms with Gasteiger partial charge in [0.2, 0.25) is 0 Å². The highest BCUT2D eigenvalue weighted by molar-refractivity contribution is 7.91. The largest absolute Gasteiger partial charge is 0.467 e. The molecule has 0 spiro atoms. The van der Waals surface area contributed by atoms with Gasteiger partial charge in [0.1, 0.15) is 5.76 Å². The van der Waals surface area contributed by atoms with Gasteiger partial charge in [-0.3, -0.25) is 4.79 Å². The van der Waals surface area contributed by atoms with Crippen LogP contribution in [0.4, 0.5) is 0 Å². The Morgan fingerprint density at radius 1 is 1.19 bits per heavy atom. The number of carbonyl (C=O) groups is 1. The van der Waals surface area contributed by atoms with E-state index in [1.807, 2.05) is 24.3 Å². The molecule has 0 aliphatic carbocycles. The van der Waals surface area contributed by atoms with Gasteiger partial charge in [-0.1, -0.05) is 32.9 Å². The summed E-state index contributed by atoms with van der Waals surface area (Å²) in [6.07, 6.45) is 2.02. The van der Waals surface area contributed by atoms with Crippen LogP contribution in [0.25, 0.3) is 0 Å². The van der Waals surface area contributed by atoms with Crippen molar-refractivity contribution in [1.29, 1.82) is 0 Å². The summed E-state index contributed by atoms with van der Waals surface area (Å²) in [6, 6.07) is 10.8. The number of hydrogen-bond acceptors (Lipinski definition) is 4. The summed E-state index contributed by atoms with van der Waals surface area (Å²) in [5.41, 5.74) is 1.72. The normalized spacial score (nSPS) is 19.4. The standard InChI is InChI=1S/C20H25NO4S/c1-20(2,3)16-8-6-15(7-9-16)19(22)21(13-18-5-4-11-25-18)17-10-12-26(23,24)14-17/h4-9,11,17H,10,12-14H2,1-3H3. The molecule has 1 amide bonds. The van der Waals surface area contributed by atoms with Crippen molar-refractivity contribution in [3.05, 3.63) is 59.5 Å². The van der Waals surface area contributed by atoms with Gasteiger partial charge in [0, 0.05) is 11.6 Å². The van der Waals surface area contributed by atoms with Crippen molar-refractivity contribution in [3.63, 3.8) is 0 Å².